The molecule has 0 atom stereocenters. The van der Waals surface area contributed by atoms with Crippen LogP contribution in [0.25, 0.3) is 44.9 Å². The van der Waals surface area contributed by atoms with Gasteiger partial charge in [-0.15, -0.1) is 0 Å². The molecular weight excluding hydrogens is 666 g/mol. The van der Waals surface area contributed by atoms with Crippen LogP contribution in [0.2, 0.25) is 0 Å². The second-order valence-corrected chi connectivity index (χ2v) is 12.7. The van der Waals surface area contributed by atoms with Gasteiger partial charge in [0.15, 0.2) is 0 Å². The number of hydrogen-bond acceptors (Lipinski definition) is 6. The highest BCUT2D eigenvalue weighted by Gasteiger charge is 2.15. The van der Waals surface area contributed by atoms with Crippen LogP contribution in [0.5, 0.6) is 17.2 Å². The fourth-order valence-corrected chi connectivity index (χ4v) is 6.45. The Balaban J connectivity index is 0.975. The van der Waals surface area contributed by atoms with E-state index in [1.165, 1.54) is 6.07 Å². The fourth-order valence-electron chi connectivity index (χ4n) is 6.45. The summed E-state index contributed by atoms with van der Waals surface area (Å²) in [6.07, 6.45) is 9.38. The average molecular weight is 700 g/mol. The molecule has 0 aliphatic carbocycles. The van der Waals surface area contributed by atoms with Gasteiger partial charge in [-0.1, -0.05) is 78.9 Å². The Hall–Kier alpha value is -7.13. The van der Waals surface area contributed by atoms with Gasteiger partial charge < -0.3 is 29.2 Å². The van der Waals surface area contributed by atoms with Gasteiger partial charge in [0.05, 0.1) is 19.3 Å². The lowest BCUT2D eigenvalue weighted by Gasteiger charge is -2.10. The topological polar surface area (TPSA) is 126 Å². The van der Waals surface area contributed by atoms with Crippen molar-refractivity contribution in [3.8, 4) is 17.2 Å². The van der Waals surface area contributed by atoms with E-state index in [4.69, 9.17) is 14.2 Å². The Kier molecular flexibility index (Phi) is 9.11. The van der Waals surface area contributed by atoms with Crippen molar-refractivity contribution >= 4 is 62.8 Å². The Morgan fingerprint density at radius 1 is 0.434 bits per heavy atom. The molecule has 3 aromatic heterocycles. The largest absolute Gasteiger partial charge is 0.426 e. The minimum Gasteiger partial charge on any atom is -0.426 e. The third-order valence-electron chi connectivity index (χ3n) is 8.97. The molecule has 0 spiro atoms. The van der Waals surface area contributed by atoms with Gasteiger partial charge >= 0.3 is 17.9 Å². The normalized spacial score (nSPS) is 11.4. The monoisotopic (exact) mass is 699 g/mol. The van der Waals surface area contributed by atoms with E-state index in [2.05, 4.69) is 15.0 Å². The van der Waals surface area contributed by atoms with Crippen molar-refractivity contribution < 1.29 is 28.6 Å². The molecule has 0 unspecified atom stereocenters. The van der Waals surface area contributed by atoms with Gasteiger partial charge in [0.1, 0.15) is 17.2 Å². The van der Waals surface area contributed by atoms with E-state index in [-0.39, 0.29) is 36.7 Å². The second kappa shape index (κ2) is 14.6. The molecule has 0 amide bonds. The molecule has 260 valence electrons. The van der Waals surface area contributed by atoms with Gasteiger partial charge in [-0.25, -0.2) is 0 Å². The lowest BCUT2D eigenvalue weighted by atomic mass is 10.1. The first kappa shape index (κ1) is 33.0. The maximum absolute atomic E-state index is 13.1. The van der Waals surface area contributed by atoms with Crippen molar-refractivity contribution in [1.29, 1.82) is 0 Å². The van der Waals surface area contributed by atoms with Crippen molar-refractivity contribution in [3.05, 3.63) is 162 Å². The van der Waals surface area contributed by atoms with Crippen molar-refractivity contribution in [1.82, 2.24) is 15.0 Å². The number of hydrogen-bond donors (Lipinski definition) is 3. The molecule has 0 fully saturated rings. The second-order valence-electron chi connectivity index (χ2n) is 12.7. The van der Waals surface area contributed by atoms with E-state index in [0.717, 1.165) is 55.0 Å². The first-order chi connectivity index (χ1) is 25.9. The smallest absolute Gasteiger partial charge is 0.315 e. The molecule has 0 bridgehead atoms. The molecule has 0 saturated carbocycles. The zero-order valence-electron chi connectivity index (χ0n) is 28.4. The lowest BCUT2D eigenvalue weighted by molar-refractivity contribution is -0.134. The third kappa shape index (κ3) is 7.64. The first-order valence-electron chi connectivity index (χ1n) is 17.1. The SMILES string of the molecule is O=C(Cc1c[nH]c2ccccc12)Oc1ccc(/C=C/c2cc(OC(=O)Cc3c[nH]c4ccccc34)cc(OC(=O)Cc3c[nH]c4ccccc34)c2)cc1. The summed E-state index contributed by atoms with van der Waals surface area (Å²) in [4.78, 5) is 48.5. The molecule has 8 aromatic rings. The van der Waals surface area contributed by atoms with Crippen LogP contribution in [-0.2, 0) is 33.6 Å². The van der Waals surface area contributed by atoms with Crippen LogP contribution in [0.3, 0.4) is 0 Å². The van der Waals surface area contributed by atoms with E-state index in [0.29, 0.717) is 11.3 Å². The zero-order chi connectivity index (χ0) is 36.1. The first-order valence-corrected chi connectivity index (χ1v) is 17.1. The van der Waals surface area contributed by atoms with Crippen molar-refractivity contribution in [2.24, 2.45) is 0 Å². The highest BCUT2D eigenvalue weighted by Crippen LogP contribution is 2.28. The number of H-pyrrole nitrogens is 3. The number of rotatable bonds is 11. The molecule has 3 heterocycles. The Morgan fingerprint density at radius 2 is 0.811 bits per heavy atom. The Bertz CT molecular complexity index is 2540. The summed E-state index contributed by atoms with van der Waals surface area (Å²) >= 11 is 0. The van der Waals surface area contributed by atoms with Crippen LogP contribution in [-0.4, -0.2) is 32.9 Å². The van der Waals surface area contributed by atoms with E-state index < -0.39 is 11.9 Å². The quantitative estimate of drug-likeness (QED) is 0.0704. The summed E-state index contributed by atoms with van der Waals surface area (Å²) in [7, 11) is 0. The van der Waals surface area contributed by atoms with E-state index >= 15 is 0 Å². The van der Waals surface area contributed by atoms with Gasteiger partial charge in [0.2, 0.25) is 0 Å². The van der Waals surface area contributed by atoms with E-state index in [1.807, 2.05) is 103 Å². The summed E-state index contributed by atoms with van der Waals surface area (Å²) < 4.78 is 17.2. The minimum absolute atomic E-state index is 0.0540. The minimum atomic E-state index is -0.457. The number of para-hydroxylation sites is 3. The number of ether oxygens (including phenoxy) is 3. The van der Waals surface area contributed by atoms with Crippen LogP contribution in [0.15, 0.2) is 134 Å². The molecule has 0 aliphatic heterocycles. The number of carbonyl (C=O) groups excluding carboxylic acids is 3. The molecule has 0 radical (unpaired) electrons. The molecule has 5 aromatic carbocycles. The maximum atomic E-state index is 13.1. The summed E-state index contributed by atoms with van der Waals surface area (Å²) in [5, 5.41) is 2.89. The maximum Gasteiger partial charge on any atom is 0.315 e. The van der Waals surface area contributed by atoms with Crippen molar-refractivity contribution in [2.45, 2.75) is 19.3 Å². The van der Waals surface area contributed by atoms with Crippen LogP contribution in [0.4, 0.5) is 0 Å². The molecule has 9 heteroatoms. The van der Waals surface area contributed by atoms with E-state index in [9.17, 15) is 14.4 Å². The Labute approximate surface area is 303 Å². The predicted octanol–water partition coefficient (Wildman–Crippen LogP) is 8.75. The highest BCUT2D eigenvalue weighted by molar-refractivity contribution is 5.90. The number of carbonyl (C=O) groups is 3. The summed E-state index contributed by atoms with van der Waals surface area (Å²) in [5.74, 6) is -0.362. The predicted molar refractivity (Wildman–Crippen MR) is 205 cm³/mol. The number of benzene rings is 5. The number of aromatic nitrogens is 3. The summed E-state index contributed by atoms with van der Waals surface area (Å²) in [6, 6.07) is 35.4. The van der Waals surface area contributed by atoms with Crippen LogP contribution >= 0.6 is 0 Å². The summed E-state index contributed by atoms with van der Waals surface area (Å²) in [5.41, 5.74) is 6.83. The molecule has 0 saturated heterocycles. The number of fused-ring (bicyclic) bond motifs is 3. The molecule has 0 aliphatic rings. The summed E-state index contributed by atoms with van der Waals surface area (Å²) in [6.45, 7) is 0. The van der Waals surface area contributed by atoms with Crippen molar-refractivity contribution in [3.63, 3.8) is 0 Å². The molecule has 9 nitrogen and oxygen atoms in total. The van der Waals surface area contributed by atoms with Crippen LogP contribution in [0.1, 0.15) is 27.8 Å². The fraction of sp³-hybridized carbons (Fsp3) is 0.0682. The van der Waals surface area contributed by atoms with Gasteiger partial charge in [-0.2, -0.15) is 0 Å². The molecular formula is C44H33N3O6. The zero-order valence-corrected chi connectivity index (χ0v) is 28.4. The third-order valence-corrected chi connectivity index (χ3v) is 8.97. The number of esters is 3. The van der Waals surface area contributed by atoms with Gasteiger partial charge in [-0.3, -0.25) is 14.4 Å². The number of nitrogens with one attached hydrogen (secondary N) is 3. The molecule has 8 rings (SSSR count). The average Bonchev–Trinajstić information content (AvgIpc) is 3.89. The number of aromatic amines is 3. The molecule has 53 heavy (non-hydrogen) atoms. The van der Waals surface area contributed by atoms with Gasteiger partial charge in [-0.05, 0) is 70.3 Å². The van der Waals surface area contributed by atoms with E-state index in [1.54, 1.807) is 36.7 Å². The Morgan fingerprint density at radius 3 is 1.25 bits per heavy atom. The van der Waals surface area contributed by atoms with Gasteiger partial charge in [0, 0.05) is 57.4 Å². The van der Waals surface area contributed by atoms with Crippen LogP contribution < -0.4 is 14.2 Å². The van der Waals surface area contributed by atoms with Gasteiger partial charge in [0.25, 0.3) is 0 Å². The lowest BCUT2D eigenvalue weighted by Crippen LogP contribution is -2.13. The van der Waals surface area contributed by atoms with Crippen molar-refractivity contribution in [2.75, 3.05) is 0 Å². The van der Waals surface area contributed by atoms with Crippen LogP contribution in [0, 0.1) is 0 Å². The standard InChI is InChI=1S/C44H33N3O6/c48-42(21-30-25-45-39-10-4-1-7-36(30)39)51-33-17-15-28(16-18-33)13-14-29-19-34(52-43(49)22-31-26-46-40-11-5-2-8-37(31)40)24-35(20-29)53-44(50)23-32-27-47-41-12-6-3-9-38(32)41/h1-20,24-27,45-47H,21-23H2/b14-13+. The molecule has 3 N–H and O–H groups in total. The highest BCUT2D eigenvalue weighted by atomic mass is 16.5.